The van der Waals surface area contributed by atoms with Crippen molar-refractivity contribution in [2.75, 3.05) is 14.2 Å². The fourth-order valence-corrected chi connectivity index (χ4v) is 7.20. The zero-order valence-electron chi connectivity index (χ0n) is 26.2. The molecule has 10 heteroatoms. The van der Waals surface area contributed by atoms with Gasteiger partial charge >= 0.3 is 11.9 Å². The van der Waals surface area contributed by atoms with Crippen LogP contribution in [0.5, 0.6) is 11.5 Å². The van der Waals surface area contributed by atoms with Crippen LogP contribution in [0.15, 0.2) is 60.7 Å². The molecular weight excluding hydrogens is 580 g/mol. The summed E-state index contributed by atoms with van der Waals surface area (Å²) in [4.78, 5) is 38.2. The smallest absolute Gasteiger partial charge is 0.333 e. The van der Waals surface area contributed by atoms with Crippen LogP contribution in [-0.2, 0) is 38.3 Å². The van der Waals surface area contributed by atoms with Gasteiger partial charge in [0.25, 0.3) is 0 Å². The number of ether oxygens (including phenoxy) is 6. The topological polar surface area (TPSA) is 108 Å². The summed E-state index contributed by atoms with van der Waals surface area (Å²) in [5, 5.41) is 0. The van der Waals surface area contributed by atoms with Gasteiger partial charge in [-0.25, -0.2) is 19.4 Å². The van der Waals surface area contributed by atoms with Gasteiger partial charge in [0.2, 0.25) is 12.1 Å². The zero-order chi connectivity index (χ0) is 31.8. The van der Waals surface area contributed by atoms with Gasteiger partial charge in [-0.3, -0.25) is 0 Å². The Kier molecular flexibility index (Phi) is 8.76. The molecule has 0 N–H and O–H groups in total. The number of rotatable bonds is 8. The standard InChI is InChI=1S/C35H40O10/c1-21-27-18-19-34(3)43-33-35(27,45-44-34)28(20-29(21)40-30(36)16-10-23-6-12-25(38-4)13-7-23)22(2)32(42-33)41-31(37)17-11-24-8-14-26(39-5)15-9-24/h6-17,21-22,27-29,32-33H,18-20H2,1-5H3/b16-10+,17-11+/t21-,22+,27-,28-,29+,32+,33+,34+,35+/m0/s1. The fourth-order valence-electron chi connectivity index (χ4n) is 7.20. The molecule has 0 aromatic heterocycles. The molecule has 5 aliphatic rings. The van der Waals surface area contributed by atoms with Crippen molar-refractivity contribution in [3.63, 3.8) is 0 Å². The summed E-state index contributed by atoms with van der Waals surface area (Å²) in [6.07, 6.45) is 5.81. The van der Waals surface area contributed by atoms with Gasteiger partial charge in [0, 0.05) is 36.3 Å². The minimum absolute atomic E-state index is 0.0722. The lowest BCUT2D eigenvalue weighted by Crippen LogP contribution is -2.72. The Labute approximate surface area is 263 Å². The van der Waals surface area contributed by atoms with Crippen LogP contribution in [0.1, 0.15) is 51.2 Å². The summed E-state index contributed by atoms with van der Waals surface area (Å²) in [6, 6.07) is 14.7. The summed E-state index contributed by atoms with van der Waals surface area (Å²) in [5.74, 6) is -1.28. The highest BCUT2D eigenvalue weighted by atomic mass is 17.3. The molecule has 1 spiro atoms. The van der Waals surface area contributed by atoms with E-state index in [-0.39, 0.29) is 23.7 Å². The molecule has 10 nitrogen and oxygen atoms in total. The van der Waals surface area contributed by atoms with Crippen molar-refractivity contribution < 1.29 is 47.8 Å². The first-order valence-electron chi connectivity index (χ1n) is 15.4. The lowest BCUT2D eigenvalue weighted by molar-refractivity contribution is -0.577. The van der Waals surface area contributed by atoms with Gasteiger partial charge in [0.1, 0.15) is 17.6 Å². The van der Waals surface area contributed by atoms with Crippen molar-refractivity contribution in [2.24, 2.45) is 23.7 Å². The molecule has 240 valence electrons. The zero-order valence-corrected chi connectivity index (χ0v) is 26.2. The Morgan fingerprint density at radius 1 is 0.800 bits per heavy atom. The SMILES string of the molecule is COc1ccc(/C=C/C(=O)O[C@@H]2O[C@@H]3O[C@@]4(C)CC[C@H]5[C@H](C)[C@H](OC(=O)/C=C/c6ccc(OC)cc6)C[C@@H]([C@H]2C)[C@@]35OO4)cc1. The Morgan fingerprint density at radius 3 is 1.96 bits per heavy atom. The molecule has 1 saturated carbocycles. The van der Waals surface area contributed by atoms with E-state index in [4.69, 9.17) is 38.2 Å². The van der Waals surface area contributed by atoms with Crippen LogP contribution in [0.25, 0.3) is 12.2 Å². The maximum atomic E-state index is 13.1. The second-order valence-corrected chi connectivity index (χ2v) is 12.4. The molecule has 7 rings (SSSR count). The van der Waals surface area contributed by atoms with Crippen LogP contribution < -0.4 is 9.47 Å². The molecule has 2 bridgehead atoms. The number of esters is 2. The maximum absolute atomic E-state index is 13.1. The van der Waals surface area contributed by atoms with Crippen LogP contribution in [0.4, 0.5) is 0 Å². The molecule has 0 radical (unpaired) electrons. The van der Waals surface area contributed by atoms with E-state index >= 15 is 0 Å². The van der Waals surface area contributed by atoms with Crippen LogP contribution >= 0.6 is 0 Å². The first-order chi connectivity index (χ1) is 21.6. The van der Waals surface area contributed by atoms with Gasteiger partial charge in [-0.2, -0.15) is 0 Å². The van der Waals surface area contributed by atoms with Crippen LogP contribution in [0.2, 0.25) is 0 Å². The van der Waals surface area contributed by atoms with Gasteiger partial charge in [-0.05, 0) is 73.2 Å². The van der Waals surface area contributed by atoms with E-state index in [2.05, 4.69) is 6.92 Å². The first kappa shape index (κ1) is 31.3. The predicted molar refractivity (Wildman–Crippen MR) is 162 cm³/mol. The Hall–Kier alpha value is -3.70. The number of carbonyl (C=O) groups excluding carboxylic acids is 2. The van der Waals surface area contributed by atoms with E-state index in [9.17, 15) is 9.59 Å². The Balaban J connectivity index is 1.20. The lowest BCUT2D eigenvalue weighted by atomic mass is 9.57. The third-order valence-corrected chi connectivity index (χ3v) is 9.74. The number of hydrogen-bond donors (Lipinski definition) is 0. The maximum Gasteiger partial charge on any atom is 0.333 e. The van der Waals surface area contributed by atoms with Gasteiger partial charge in [0.15, 0.2) is 11.9 Å². The highest BCUT2D eigenvalue weighted by Crippen LogP contribution is 2.61. The molecule has 4 aliphatic heterocycles. The summed E-state index contributed by atoms with van der Waals surface area (Å²) >= 11 is 0. The average molecular weight is 621 g/mol. The highest BCUT2D eigenvalue weighted by Gasteiger charge is 2.71. The number of hydrogen-bond acceptors (Lipinski definition) is 10. The van der Waals surface area contributed by atoms with Gasteiger partial charge in [-0.15, -0.1) is 0 Å². The van der Waals surface area contributed by atoms with Crippen LogP contribution in [0, 0.1) is 23.7 Å². The average Bonchev–Trinajstić information content (AvgIpc) is 3.28. The Morgan fingerprint density at radius 2 is 1.38 bits per heavy atom. The van der Waals surface area contributed by atoms with Crippen molar-refractivity contribution in [2.45, 2.75) is 70.1 Å². The molecule has 9 atom stereocenters. The molecule has 1 aliphatic carbocycles. The van der Waals surface area contributed by atoms with Crippen molar-refractivity contribution in [3.05, 3.63) is 71.8 Å². The largest absolute Gasteiger partial charge is 0.497 e. The number of carbonyl (C=O) groups is 2. The predicted octanol–water partition coefficient (Wildman–Crippen LogP) is 5.70. The summed E-state index contributed by atoms with van der Waals surface area (Å²) in [6.45, 7) is 5.85. The first-order valence-corrected chi connectivity index (χ1v) is 15.4. The second kappa shape index (κ2) is 12.6. The third-order valence-electron chi connectivity index (χ3n) is 9.74. The normalized spacial score (nSPS) is 35.4. The van der Waals surface area contributed by atoms with Gasteiger partial charge in [0.05, 0.1) is 14.2 Å². The second-order valence-electron chi connectivity index (χ2n) is 12.4. The van der Waals surface area contributed by atoms with E-state index in [1.54, 1.807) is 26.4 Å². The number of fused-ring (bicyclic) bond motifs is 2. The van der Waals surface area contributed by atoms with E-state index in [0.717, 1.165) is 29.0 Å². The van der Waals surface area contributed by atoms with Gasteiger partial charge in [-0.1, -0.05) is 38.1 Å². The minimum atomic E-state index is -1.02. The number of benzene rings is 2. The minimum Gasteiger partial charge on any atom is -0.497 e. The summed E-state index contributed by atoms with van der Waals surface area (Å²) in [5.41, 5.74) is 0.729. The van der Waals surface area contributed by atoms with Crippen LogP contribution in [-0.4, -0.2) is 56.2 Å². The monoisotopic (exact) mass is 620 g/mol. The quantitative estimate of drug-likeness (QED) is 0.207. The van der Waals surface area contributed by atoms with E-state index in [1.807, 2.05) is 62.4 Å². The lowest BCUT2D eigenvalue weighted by Gasteiger charge is -2.60. The van der Waals surface area contributed by atoms with Gasteiger partial charge < -0.3 is 28.4 Å². The molecule has 2 aromatic carbocycles. The fraction of sp³-hybridized carbons (Fsp3) is 0.486. The Bertz CT molecular complexity index is 1440. The molecule has 2 aromatic rings. The molecule has 4 heterocycles. The molecule has 45 heavy (non-hydrogen) atoms. The molecule has 0 unspecified atom stereocenters. The van der Waals surface area contributed by atoms with E-state index < -0.39 is 42.0 Å². The third kappa shape index (κ3) is 6.12. The summed E-state index contributed by atoms with van der Waals surface area (Å²) < 4.78 is 35.1. The van der Waals surface area contributed by atoms with Crippen molar-refractivity contribution in [1.82, 2.24) is 0 Å². The van der Waals surface area contributed by atoms with E-state index in [1.165, 1.54) is 12.2 Å². The van der Waals surface area contributed by atoms with Crippen molar-refractivity contribution in [1.29, 1.82) is 0 Å². The number of methoxy groups -OCH3 is 2. The molecular formula is C35H40O10. The van der Waals surface area contributed by atoms with Crippen molar-refractivity contribution in [3.8, 4) is 11.5 Å². The summed E-state index contributed by atoms with van der Waals surface area (Å²) in [7, 11) is 3.21. The van der Waals surface area contributed by atoms with Crippen LogP contribution in [0.3, 0.4) is 0 Å². The van der Waals surface area contributed by atoms with Crippen molar-refractivity contribution >= 4 is 24.1 Å². The molecule has 0 amide bonds. The molecule has 5 fully saturated rings. The molecule has 4 saturated heterocycles. The highest BCUT2D eigenvalue weighted by molar-refractivity contribution is 5.87. The van der Waals surface area contributed by atoms with E-state index in [0.29, 0.717) is 12.8 Å².